The number of non-ortho nitro benzene ring substituents is 1. The van der Waals surface area contributed by atoms with Crippen molar-refractivity contribution in [2.24, 2.45) is 0 Å². The van der Waals surface area contributed by atoms with E-state index in [1.807, 2.05) is 0 Å². The fraction of sp³-hybridized carbons (Fsp3) is 0.348. The molecule has 34 heavy (non-hydrogen) atoms. The number of Topliss-reactive ketones (excluding diaryl/α,β-unsaturated/α-hetero) is 1. The van der Waals surface area contributed by atoms with Crippen molar-refractivity contribution < 1.29 is 23.8 Å². The number of nitro benzene ring substituents is 1. The SMILES string of the molecule is CCC[C@H]1CO[C@](Cn2c[n+](CC(=O)c3ccc([N+](=O)[O-])cc3)cn2)(c2ccc(Cl)cc2Cl)O1. The lowest BCUT2D eigenvalue weighted by molar-refractivity contribution is -0.684. The number of nitro groups is 1. The number of ketones is 1. The van der Waals surface area contributed by atoms with Crippen LogP contribution in [0.25, 0.3) is 0 Å². The number of halogens is 2. The van der Waals surface area contributed by atoms with E-state index < -0.39 is 10.7 Å². The Balaban J connectivity index is 1.53. The molecular weight excluding hydrogens is 483 g/mol. The molecule has 0 unspecified atom stereocenters. The molecule has 1 saturated heterocycles. The van der Waals surface area contributed by atoms with Gasteiger partial charge in [0.2, 0.25) is 12.1 Å². The highest BCUT2D eigenvalue weighted by Crippen LogP contribution is 2.41. The van der Waals surface area contributed by atoms with Crippen molar-refractivity contribution in [3.63, 3.8) is 0 Å². The van der Waals surface area contributed by atoms with Crippen molar-refractivity contribution >= 4 is 34.7 Å². The fourth-order valence-corrected chi connectivity index (χ4v) is 4.46. The van der Waals surface area contributed by atoms with Crippen LogP contribution in [0.2, 0.25) is 10.0 Å². The molecule has 0 spiro atoms. The largest absolute Gasteiger partial charge is 0.341 e. The molecule has 2 atom stereocenters. The first-order valence-electron chi connectivity index (χ1n) is 10.8. The van der Waals surface area contributed by atoms with Gasteiger partial charge < -0.3 is 9.47 Å². The number of aromatic nitrogens is 3. The van der Waals surface area contributed by atoms with E-state index in [-0.39, 0.29) is 30.7 Å². The maximum atomic E-state index is 12.6. The lowest BCUT2D eigenvalue weighted by Gasteiger charge is -2.27. The van der Waals surface area contributed by atoms with Gasteiger partial charge in [-0.15, -0.1) is 4.68 Å². The van der Waals surface area contributed by atoms with Crippen LogP contribution in [0.15, 0.2) is 55.1 Å². The number of hydrogen-bond donors (Lipinski definition) is 0. The zero-order chi connectivity index (χ0) is 24.3. The smallest absolute Gasteiger partial charge is 0.269 e. The normalized spacial score (nSPS) is 19.9. The van der Waals surface area contributed by atoms with Crippen LogP contribution in [0.5, 0.6) is 0 Å². The first kappa shape index (κ1) is 24.3. The average molecular weight is 506 g/mol. The van der Waals surface area contributed by atoms with Gasteiger partial charge in [-0.2, -0.15) is 0 Å². The van der Waals surface area contributed by atoms with E-state index in [4.69, 9.17) is 32.7 Å². The Labute approximate surface area is 206 Å². The number of rotatable bonds is 9. The number of ether oxygens (including phenoxy) is 2. The van der Waals surface area contributed by atoms with E-state index in [1.165, 1.54) is 30.6 Å². The zero-order valence-corrected chi connectivity index (χ0v) is 19.9. The van der Waals surface area contributed by atoms with Crippen molar-refractivity contribution in [2.75, 3.05) is 6.61 Å². The summed E-state index contributed by atoms with van der Waals surface area (Å²) >= 11 is 12.6. The van der Waals surface area contributed by atoms with E-state index in [0.717, 1.165) is 12.8 Å². The highest BCUT2D eigenvalue weighted by atomic mass is 35.5. The molecule has 0 N–H and O–H groups in total. The third-order valence-electron chi connectivity index (χ3n) is 5.54. The van der Waals surface area contributed by atoms with Crippen molar-refractivity contribution in [3.8, 4) is 0 Å². The maximum absolute atomic E-state index is 12.6. The van der Waals surface area contributed by atoms with E-state index in [2.05, 4.69) is 12.0 Å². The molecule has 0 aliphatic carbocycles. The topological polar surface area (TPSA) is 100 Å². The third-order valence-corrected chi connectivity index (χ3v) is 6.09. The van der Waals surface area contributed by atoms with E-state index in [0.29, 0.717) is 27.8 Å². The predicted octanol–water partition coefficient (Wildman–Crippen LogP) is 4.34. The molecule has 0 amide bonds. The second-order valence-electron chi connectivity index (χ2n) is 8.06. The molecule has 2 aromatic carbocycles. The van der Waals surface area contributed by atoms with Crippen LogP contribution in [0.1, 0.15) is 35.7 Å². The molecule has 1 aliphatic rings. The summed E-state index contributed by atoms with van der Waals surface area (Å²) in [5, 5.41) is 16.1. The quantitative estimate of drug-likeness (QED) is 0.185. The summed E-state index contributed by atoms with van der Waals surface area (Å²) in [5.74, 6) is -1.35. The summed E-state index contributed by atoms with van der Waals surface area (Å²) in [4.78, 5) is 22.9. The van der Waals surface area contributed by atoms with Crippen molar-refractivity contribution in [1.29, 1.82) is 0 Å². The van der Waals surface area contributed by atoms with Crippen molar-refractivity contribution in [3.05, 3.63) is 86.4 Å². The van der Waals surface area contributed by atoms with E-state index in [1.54, 1.807) is 33.8 Å². The van der Waals surface area contributed by atoms with Gasteiger partial charge in [-0.05, 0) is 30.7 Å². The minimum Gasteiger partial charge on any atom is -0.341 e. The molecule has 0 saturated carbocycles. The van der Waals surface area contributed by atoms with Crippen molar-refractivity contribution in [2.45, 2.75) is 44.7 Å². The van der Waals surface area contributed by atoms with Crippen LogP contribution >= 0.6 is 23.2 Å². The summed E-state index contributed by atoms with van der Waals surface area (Å²) in [7, 11) is 0. The molecule has 9 nitrogen and oxygen atoms in total. The molecule has 11 heteroatoms. The van der Waals surface area contributed by atoms with Crippen LogP contribution < -0.4 is 4.57 Å². The van der Waals surface area contributed by atoms with E-state index in [9.17, 15) is 14.9 Å². The second kappa shape index (κ2) is 10.2. The molecule has 1 aromatic heterocycles. The van der Waals surface area contributed by atoms with Crippen molar-refractivity contribution in [1.82, 2.24) is 9.78 Å². The number of carbonyl (C=O) groups is 1. The average Bonchev–Trinajstić information content (AvgIpc) is 3.41. The summed E-state index contributed by atoms with van der Waals surface area (Å²) in [6.45, 7) is 2.74. The maximum Gasteiger partial charge on any atom is 0.269 e. The van der Waals surface area contributed by atoms with Gasteiger partial charge in [0.25, 0.3) is 12.0 Å². The lowest BCUT2D eigenvalue weighted by Crippen LogP contribution is -2.37. The Morgan fingerprint density at radius 2 is 2.06 bits per heavy atom. The lowest BCUT2D eigenvalue weighted by atomic mass is 10.1. The fourth-order valence-electron chi connectivity index (χ4n) is 3.90. The van der Waals surface area contributed by atoms with Gasteiger partial charge in [0, 0.05) is 33.4 Å². The second-order valence-corrected chi connectivity index (χ2v) is 8.90. The molecule has 0 radical (unpaired) electrons. The number of benzene rings is 2. The van der Waals surface area contributed by atoms with Gasteiger partial charge in [0.05, 0.1) is 22.7 Å². The molecular formula is C23H23Cl2N4O5+. The van der Waals surface area contributed by atoms with Gasteiger partial charge in [0.15, 0.2) is 12.3 Å². The Hall–Kier alpha value is -2.85. The molecule has 2 heterocycles. The zero-order valence-electron chi connectivity index (χ0n) is 18.4. The van der Waals surface area contributed by atoms with Gasteiger partial charge in [-0.3, -0.25) is 14.9 Å². The molecule has 1 aliphatic heterocycles. The number of hydrogen-bond acceptors (Lipinski definition) is 6. The molecule has 4 rings (SSSR count). The Kier molecular flexibility index (Phi) is 7.27. The van der Waals surface area contributed by atoms with Gasteiger partial charge in [0.1, 0.15) is 6.54 Å². The van der Waals surface area contributed by atoms with Gasteiger partial charge in [-0.25, -0.2) is 4.57 Å². The Morgan fingerprint density at radius 1 is 1.29 bits per heavy atom. The Morgan fingerprint density at radius 3 is 2.74 bits per heavy atom. The summed E-state index contributed by atoms with van der Waals surface area (Å²) in [6.07, 6.45) is 4.91. The number of carbonyl (C=O) groups excluding carboxylic acids is 1. The van der Waals surface area contributed by atoms with E-state index >= 15 is 0 Å². The van der Waals surface area contributed by atoms with Crippen LogP contribution in [-0.4, -0.2) is 33.2 Å². The summed E-state index contributed by atoms with van der Waals surface area (Å²) in [6, 6.07) is 10.7. The van der Waals surface area contributed by atoms with Crippen LogP contribution in [0.4, 0.5) is 5.69 Å². The summed E-state index contributed by atoms with van der Waals surface area (Å²) in [5.41, 5.74) is 0.961. The van der Waals surface area contributed by atoms with Gasteiger partial charge >= 0.3 is 0 Å². The Bertz CT molecular complexity index is 1200. The highest BCUT2D eigenvalue weighted by Gasteiger charge is 2.46. The minimum atomic E-state index is -1.15. The minimum absolute atomic E-state index is 0.0205. The first-order chi connectivity index (χ1) is 16.3. The monoisotopic (exact) mass is 505 g/mol. The standard InChI is InChI=1S/C23H23Cl2N4O5/c1-2-3-19-12-33-23(34-19,20-9-6-17(24)10-21(20)25)13-28-15-27(14-26-28)11-22(30)16-4-7-18(8-5-16)29(31)32/h4-10,14-15,19H,2-3,11-13H2,1H3/q+1/t19-,23-/m0/s1. The molecule has 1 fully saturated rings. The molecule has 178 valence electrons. The first-order valence-corrected chi connectivity index (χ1v) is 11.5. The predicted molar refractivity (Wildman–Crippen MR) is 124 cm³/mol. The van der Waals surface area contributed by atoms with Crippen LogP contribution in [-0.2, 0) is 28.4 Å². The third kappa shape index (κ3) is 5.28. The molecule has 3 aromatic rings. The molecule has 0 bridgehead atoms. The van der Waals surface area contributed by atoms with Crippen LogP contribution in [0.3, 0.4) is 0 Å². The van der Waals surface area contributed by atoms with Crippen LogP contribution in [0, 0.1) is 10.1 Å². The number of nitrogens with zero attached hydrogens (tertiary/aromatic N) is 4. The van der Waals surface area contributed by atoms with Gasteiger partial charge in [-0.1, -0.05) is 42.6 Å². The summed E-state index contributed by atoms with van der Waals surface area (Å²) < 4.78 is 15.8. The highest BCUT2D eigenvalue weighted by molar-refractivity contribution is 6.35.